The number of hydrogen-bond acceptors (Lipinski definition) is 3. The lowest BCUT2D eigenvalue weighted by molar-refractivity contribution is 0.408. The van der Waals surface area contributed by atoms with Crippen molar-refractivity contribution in [2.45, 2.75) is 19.3 Å². The number of methoxy groups -OCH3 is 3. The van der Waals surface area contributed by atoms with E-state index in [0.29, 0.717) is 6.42 Å². The van der Waals surface area contributed by atoms with E-state index in [2.05, 4.69) is 56.1 Å². The molecule has 0 aliphatic carbocycles. The highest BCUT2D eigenvalue weighted by atomic mass is 16.5. The minimum atomic E-state index is 0.674. The summed E-state index contributed by atoms with van der Waals surface area (Å²) in [5.74, 6) is 2.42. The van der Waals surface area contributed by atoms with Crippen LogP contribution in [0.5, 0.6) is 17.2 Å². The van der Waals surface area contributed by atoms with Gasteiger partial charge in [-0.25, -0.2) is 0 Å². The van der Waals surface area contributed by atoms with Gasteiger partial charge in [0, 0.05) is 16.7 Å². The topological polar surface area (TPSA) is 27.7 Å². The van der Waals surface area contributed by atoms with Crippen LogP contribution >= 0.6 is 0 Å². The van der Waals surface area contributed by atoms with Gasteiger partial charge in [0.1, 0.15) is 17.2 Å². The van der Waals surface area contributed by atoms with Crippen molar-refractivity contribution < 1.29 is 14.2 Å². The first-order chi connectivity index (χ1) is 16.1. The molecule has 0 saturated carbocycles. The Morgan fingerprint density at radius 2 is 1.15 bits per heavy atom. The zero-order chi connectivity index (χ0) is 23.8. The highest BCUT2D eigenvalue weighted by molar-refractivity contribution is 5.84. The van der Waals surface area contributed by atoms with E-state index >= 15 is 0 Å². The largest absolute Gasteiger partial charge is 0.496 e. The summed E-state index contributed by atoms with van der Waals surface area (Å²) >= 11 is 0. The van der Waals surface area contributed by atoms with Crippen molar-refractivity contribution in [1.29, 1.82) is 0 Å². The number of rotatable bonds is 11. The van der Waals surface area contributed by atoms with Gasteiger partial charge in [-0.15, -0.1) is 19.7 Å². The zero-order valence-electron chi connectivity index (χ0n) is 19.8. The van der Waals surface area contributed by atoms with E-state index in [1.807, 2.05) is 30.4 Å². The number of ether oxygens (including phenoxy) is 3. The predicted octanol–water partition coefficient (Wildman–Crippen LogP) is 7.23. The molecule has 3 heteroatoms. The van der Waals surface area contributed by atoms with Crippen LogP contribution in [-0.2, 0) is 19.3 Å². The van der Waals surface area contributed by atoms with Crippen molar-refractivity contribution in [3.63, 3.8) is 0 Å². The van der Waals surface area contributed by atoms with E-state index in [-0.39, 0.29) is 0 Å². The Labute approximate surface area is 197 Å². The van der Waals surface area contributed by atoms with Gasteiger partial charge in [-0.3, -0.25) is 0 Å². The summed E-state index contributed by atoms with van der Waals surface area (Å²) in [6, 6.07) is 16.7. The third-order valence-corrected chi connectivity index (χ3v) is 5.62. The molecule has 3 aromatic rings. The average molecular weight is 441 g/mol. The van der Waals surface area contributed by atoms with E-state index in [1.54, 1.807) is 21.3 Å². The molecule has 0 N–H and O–H groups in total. The third kappa shape index (κ3) is 5.20. The quantitative estimate of drug-likeness (QED) is 0.294. The van der Waals surface area contributed by atoms with Gasteiger partial charge in [-0.05, 0) is 77.9 Å². The maximum Gasteiger partial charge on any atom is 0.130 e. The molecule has 0 aromatic heterocycles. The minimum Gasteiger partial charge on any atom is -0.496 e. The Morgan fingerprint density at radius 3 is 1.67 bits per heavy atom. The van der Waals surface area contributed by atoms with Crippen LogP contribution in [0.4, 0.5) is 0 Å². The summed E-state index contributed by atoms with van der Waals surface area (Å²) in [6.07, 6.45) is 7.94. The van der Waals surface area contributed by atoms with Crippen molar-refractivity contribution in [2.24, 2.45) is 0 Å². The van der Waals surface area contributed by atoms with Crippen LogP contribution in [0.15, 0.2) is 86.5 Å². The van der Waals surface area contributed by atoms with Crippen LogP contribution in [0.2, 0.25) is 0 Å². The monoisotopic (exact) mass is 440 g/mol. The smallest absolute Gasteiger partial charge is 0.130 e. The lowest BCUT2D eigenvalue weighted by Crippen LogP contribution is -1.99. The maximum absolute atomic E-state index is 5.92. The molecule has 0 amide bonds. The Morgan fingerprint density at radius 1 is 0.606 bits per heavy atom. The average Bonchev–Trinajstić information content (AvgIpc) is 2.84. The lowest BCUT2D eigenvalue weighted by Gasteiger charge is -2.19. The fourth-order valence-electron chi connectivity index (χ4n) is 4.13. The molecule has 0 heterocycles. The minimum absolute atomic E-state index is 0.674. The summed E-state index contributed by atoms with van der Waals surface area (Å²) in [5, 5.41) is 0. The van der Waals surface area contributed by atoms with Crippen LogP contribution in [0, 0.1) is 0 Å². The molecule has 0 radical (unpaired) electrons. The van der Waals surface area contributed by atoms with Crippen LogP contribution in [-0.4, -0.2) is 21.3 Å². The second-order valence-corrected chi connectivity index (χ2v) is 7.76. The molecule has 0 atom stereocenters. The molecule has 33 heavy (non-hydrogen) atoms. The predicted molar refractivity (Wildman–Crippen MR) is 139 cm³/mol. The maximum atomic E-state index is 5.92. The van der Waals surface area contributed by atoms with Crippen molar-refractivity contribution in [2.75, 3.05) is 21.3 Å². The highest BCUT2D eigenvalue weighted by Crippen LogP contribution is 2.43. The van der Waals surface area contributed by atoms with Gasteiger partial charge in [0.2, 0.25) is 0 Å². The molecule has 3 rings (SSSR count). The first-order valence-electron chi connectivity index (χ1n) is 11.0. The van der Waals surface area contributed by atoms with Crippen molar-refractivity contribution >= 4 is 0 Å². The zero-order valence-corrected chi connectivity index (χ0v) is 19.8. The van der Waals surface area contributed by atoms with E-state index in [0.717, 1.165) is 63.5 Å². The van der Waals surface area contributed by atoms with Gasteiger partial charge in [0.05, 0.1) is 21.3 Å². The fourth-order valence-corrected chi connectivity index (χ4v) is 4.13. The van der Waals surface area contributed by atoms with Gasteiger partial charge in [0.15, 0.2) is 0 Å². The summed E-state index contributed by atoms with van der Waals surface area (Å²) in [5.41, 5.74) is 7.38. The molecule has 3 nitrogen and oxygen atoms in total. The summed E-state index contributed by atoms with van der Waals surface area (Å²) in [7, 11) is 5.09. The van der Waals surface area contributed by atoms with Gasteiger partial charge in [0.25, 0.3) is 0 Å². The van der Waals surface area contributed by atoms with Crippen LogP contribution < -0.4 is 14.2 Å². The number of allylic oxidation sites excluding steroid dienone is 3. The van der Waals surface area contributed by atoms with E-state index < -0.39 is 0 Å². The third-order valence-electron chi connectivity index (χ3n) is 5.62. The summed E-state index contributed by atoms with van der Waals surface area (Å²) in [6.45, 7) is 11.7. The van der Waals surface area contributed by atoms with Gasteiger partial charge in [-0.2, -0.15) is 0 Å². The first-order valence-corrected chi connectivity index (χ1v) is 11.0. The Bertz CT molecular complexity index is 1160. The normalized spacial score (nSPS) is 10.4. The standard InChI is InChI=1S/C30H32O3/c1-7-10-21-13-15-28(31-4)25(17-21)24-19-23(12-9-3)30(33-6)27(20-24)26-18-22(11-8-2)14-16-29(26)32-5/h7-9,13-20H,1-3,10-12H2,4-6H3. The first kappa shape index (κ1) is 23.9. The second-order valence-electron chi connectivity index (χ2n) is 7.76. The van der Waals surface area contributed by atoms with Crippen molar-refractivity contribution in [3.05, 3.63) is 103 Å². The van der Waals surface area contributed by atoms with Crippen molar-refractivity contribution in [1.82, 2.24) is 0 Å². The van der Waals surface area contributed by atoms with Gasteiger partial charge >= 0.3 is 0 Å². The Balaban J connectivity index is 2.34. The fraction of sp³-hybridized carbons (Fsp3) is 0.200. The number of hydrogen-bond donors (Lipinski definition) is 0. The number of benzene rings is 3. The molecule has 0 bridgehead atoms. The summed E-state index contributed by atoms with van der Waals surface area (Å²) < 4.78 is 17.4. The SMILES string of the molecule is C=CCc1ccc(OC)c(-c2cc(CC=C)c(OC)c(-c3cc(CC=C)ccc3OC)c2)c1. The molecule has 3 aromatic carbocycles. The van der Waals surface area contributed by atoms with Gasteiger partial charge in [-0.1, -0.05) is 30.4 Å². The van der Waals surface area contributed by atoms with Crippen LogP contribution in [0.3, 0.4) is 0 Å². The molecular weight excluding hydrogens is 408 g/mol. The summed E-state index contributed by atoms with van der Waals surface area (Å²) in [4.78, 5) is 0. The second kappa shape index (κ2) is 11.2. The molecule has 0 aliphatic rings. The molecule has 0 aliphatic heterocycles. The van der Waals surface area contributed by atoms with E-state index in [1.165, 1.54) is 5.56 Å². The van der Waals surface area contributed by atoms with Crippen molar-refractivity contribution in [3.8, 4) is 39.5 Å². The van der Waals surface area contributed by atoms with Crippen LogP contribution in [0.1, 0.15) is 16.7 Å². The molecule has 170 valence electrons. The Hall–Kier alpha value is -3.72. The van der Waals surface area contributed by atoms with Gasteiger partial charge < -0.3 is 14.2 Å². The van der Waals surface area contributed by atoms with E-state index in [9.17, 15) is 0 Å². The molecule has 0 unspecified atom stereocenters. The van der Waals surface area contributed by atoms with E-state index in [4.69, 9.17) is 14.2 Å². The molecular formula is C30H32O3. The molecule has 0 saturated heterocycles. The van der Waals surface area contributed by atoms with Crippen LogP contribution in [0.25, 0.3) is 22.3 Å². The lowest BCUT2D eigenvalue weighted by atomic mass is 9.91. The Kier molecular flexibility index (Phi) is 8.15. The molecule has 0 spiro atoms. The molecule has 0 fully saturated rings. The highest BCUT2D eigenvalue weighted by Gasteiger charge is 2.19.